The van der Waals surface area contributed by atoms with E-state index in [1.165, 1.54) is 0 Å². The van der Waals surface area contributed by atoms with E-state index >= 15 is 0 Å². The van der Waals surface area contributed by atoms with Crippen LogP contribution in [0.5, 0.6) is 0 Å². The van der Waals surface area contributed by atoms with Crippen LogP contribution >= 0.6 is 11.8 Å². The molecular weight excluding hydrogens is 388 g/mol. The Labute approximate surface area is 173 Å². The minimum Gasteiger partial charge on any atom is -0.339 e. The number of fused-ring (bicyclic) bond motifs is 1. The summed E-state index contributed by atoms with van der Waals surface area (Å²) in [5, 5.41) is 2.88. The molecule has 0 atom stereocenters. The van der Waals surface area contributed by atoms with Crippen molar-refractivity contribution >= 4 is 35.2 Å². The van der Waals surface area contributed by atoms with Crippen molar-refractivity contribution in [2.45, 2.75) is 17.7 Å². The van der Waals surface area contributed by atoms with Crippen molar-refractivity contribution in [3.63, 3.8) is 0 Å². The molecule has 0 radical (unpaired) electrons. The third kappa shape index (κ3) is 4.59. The number of hydrogen-bond donors (Lipinski definition) is 1. The fourth-order valence-electron chi connectivity index (χ4n) is 3.46. The number of carbonyl (C=O) groups excluding carboxylic acids is 3. The first-order valence-corrected chi connectivity index (χ1v) is 10.6. The highest BCUT2D eigenvalue weighted by Crippen LogP contribution is 2.31. The van der Waals surface area contributed by atoms with Crippen LogP contribution in [0, 0.1) is 0 Å². The zero-order chi connectivity index (χ0) is 20.2. The average molecular weight is 410 g/mol. The Morgan fingerprint density at radius 3 is 2.62 bits per heavy atom. The molecular formula is C21H22N4O3S. The summed E-state index contributed by atoms with van der Waals surface area (Å²) in [6.07, 6.45) is 2.43. The number of thioether (sulfide) groups is 1. The van der Waals surface area contributed by atoms with Crippen molar-refractivity contribution in [3.8, 4) is 0 Å². The van der Waals surface area contributed by atoms with Crippen LogP contribution in [0.2, 0.25) is 0 Å². The summed E-state index contributed by atoms with van der Waals surface area (Å²) in [7, 11) is 0. The van der Waals surface area contributed by atoms with Crippen LogP contribution in [-0.2, 0) is 16.0 Å². The highest BCUT2D eigenvalue weighted by molar-refractivity contribution is 7.99. The minimum absolute atomic E-state index is 0.0270. The molecule has 3 amide bonds. The van der Waals surface area contributed by atoms with Gasteiger partial charge in [-0.15, -0.1) is 11.8 Å². The molecule has 0 aliphatic carbocycles. The topological polar surface area (TPSA) is 82.6 Å². The van der Waals surface area contributed by atoms with Crippen molar-refractivity contribution < 1.29 is 14.4 Å². The van der Waals surface area contributed by atoms with Gasteiger partial charge in [-0.2, -0.15) is 0 Å². The predicted molar refractivity (Wildman–Crippen MR) is 111 cm³/mol. The van der Waals surface area contributed by atoms with Crippen LogP contribution < -0.4 is 5.32 Å². The number of piperazine rings is 1. The van der Waals surface area contributed by atoms with E-state index in [0.717, 1.165) is 16.3 Å². The monoisotopic (exact) mass is 410 g/mol. The predicted octanol–water partition coefficient (Wildman–Crippen LogP) is 2.04. The van der Waals surface area contributed by atoms with Crippen LogP contribution in [0.1, 0.15) is 22.5 Å². The Hall–Kier alpha value is -2.87. The lowest BCUT2D eigenvalue weighted by atomic mass is 10.1. The largest absolute Gasteiger partial charge is 0.339 e. The molecule has 2 aromatic rings. The van der Waals surface area contributed by atoms with Crippen LogP contribution in [0.15, 0.2) is 47.5 Å². The molecule has 4 rings (SSSR count). The number of nitrogens with zero attached hydrogens (tertiary/aromatic N) is 3. The van der Waals surface area contributed by atoms with Gasteiger partial charge in [0.1, 0.15) is 0 Å². The molecule has 1 aromatic carbocycles. The number of anilines is 1. The summed E-state index contributed by atoms with van der Waals surface area (Å²) < 4.78 is 0. The first-order valence-electron chi connectivity index (χ1n) is 9.64. The highest BCUT2D eigenvalue weighted by atomic mass is 32.2. The number of amides is 3. The van der Waals surface area contributed by atoms with Crippen LogP contribution in [0.3, 0.4) is 0 Å². The van der Waals surface area contributed by atoms with E-state index in [1.54, 1.807) is 33.8 Å². The third-order valence-electron chi connectivity index (χ3n) is 5.07. The van der Waals surface area contributed by atoms with E-state index in [0.29, 0.717) is 43.9 Å². The zero-order valence-corrected chi connectivity index (χ0v) is 16.8. The summed E-state index contributed by atoms with van der Waals surface area (Å²) in [4.78, 5) is 45.9. The molecule has 3 heterocycles. The maximum Gasteiger partial charge on any atom is 0.254 e. The number of hydrogen-bond acceptors (Lipinski definition) is 5. The molecule has 1 saturated heterocycles. The molecule has 1 aromatic heterocycles. The number of carbonyl (C=O) groups is 3. The fourth-order valence-corrected chi connectivity index (χ4v) is 4.40. The fraction of sp³-hybridized carbons (Fsp3) is 0.333. The number of rotatable bonds is 3. The molecule has 1 N–H and O–H groups in total. The van der Waals surface area contributed by atoms with Gasteiger partial charge in [-0.05, 0) is 30.3 Å². The second-order valence-corrected chi connectivity index (χ2v) is 8.17. The lowest BCUT2D eigenvalue weighted by Gasteiger charge is -2.35. The van der Waals surface area contributed by atoms with Gasteiger partial charge in [0.2, 0.25) is 11.8 Å². The molecule has 29 heavy (non-hydrogen) atoms. The SMILES string of the molecule is O=C1CCSc2ccc(C(=O)N3CCN(C(=O)Cc4ccccn4)CC3)cc2N1. The molecule has 1 fully saturated rings. The standard InChI is InChI=1S/C21H22N4O3S/c26-19-6-12-29-18-5-4-15(13-17(18)23-19)21(28)25-10-8-24(9-11-25)20(27)14-16-3-1-2-7-22-16/h1-5,7,13H,6,8-12,14H2,(H,23,26). The van der Waals surface area contributed by atoms with Gasteiger partial charge in [0, 0.05) is 60.7 Å². The first kappa shape index (κ1) is 19.4. The normalized spacial score (nSPS) is 16.6. The van der Waals surface area contributed by atoms with Gasteiger partial charge < -0.3 is 15.1 Å². The minimum atomic E-state index is -0.0758. The van der Waals surface area contributed by atoms with Crippen molar-refractivity contribution in [1.82, 2.24) is 14.8 Å². The number of aromatic nitrogens is 1. The summed E-state index contributed by atoms with van der Waals surface area (Å²) in [6.45, 7) is 2.00. The quantitative estimate of drug-likeness (QED) is 0.837. The van der Waals surface area contributed by atoms with Gasteiger partial charge in [-0.25, -0.2) is 0 Å². The summed E-state index contributed by atoms with van der Waals surface area (Å²) in [5.74, 6) is 0.662. The summed E-state index contributed by atoms with van der Waals surface area (Å²) in [6, 6.07) is 11.0. The molecule has 7 nitrogen and oxygen atoms in total. The van der Waals surface area contributed by atoms with E-state index in [4.69, 9.17) is 0 Å². The van der Waals surface area contributed by atoms with E-state index in [1.807, 2.05) is 30.3 Å². The summed E-state index contributed by atoms with van der Waals surface area (Å²) in [5.41, 5.74) is 2.01. The lowest BCUT2D eigenvalue weighted by Crippen LogP contribution is -2.51. The highest BCUT2D eigenvalue weighted by Gasteiger charge is 2.26. The number of nitrogens with one attached hydrogen (secondary N) is 1. The number of pyridine rings is 1. The Morgan fingerprint density at radius 2 is 1.86 bits per heavy atom. The zero-order valence-electron chi connectivity index (χ0n) is 16.0. The van der Waals surface area contributed by atoms with Crippen LogP contribution in [-0.4, -0.2) is 64.4 Å². The van der Waals surface area contributed by atoms with Gasteiger partial charge in [0.15, 0.2) is 0 Å². The van der Waals surface area contributed by atoms with Crippen LogP contribution in [0.4, 0.5) is 5.69 Å². The lowest BCUT2D eigenvalue weighted by molar-refractivity contribution is -0.132. The Kier molecular flexibility index (Phi) is 5.80. The van der Waals surface area contributed by atoms with Crippen molar-refractivity contribution in [3.05, 3.63) is 53.9 Å². The van der Waals surface area contributed by atoms with E-state index < -0.39 is 0 Å². The molecule has 150 valence electrons. The molecule has 8 heteroatoms. The third-order valence-corrected chi connectivity index (χ3v) is 6.14. The van der Waals surface area contributed by atoms with Gasteiger partial charge >= 0.3 is 0 Å². The van der Waals surface area contributed by atoms with Crippen molar-refractivity contribution in [1.29, 1.82) is 0 Å². The average Bonchev–Trinajstić information content (AvgIpc) is 2.94. The molecule has 0 saturated carbocycles. The smallest absolute Gasteiger partial charge is 0.254 e. The Balaban J connectivity index is 1.37. The van der Waals surface area contributed by atoms with E-state index in [-0.39, 0.29) is 24.1 Å². The van der Waals surface area contributed by atoms with E-state index in [9.17, 15) is 14.4 Å². The summed E-state index contributed by atoms with van der Waals surface area (Å²) >= 11 is 1.62. The van der Waals surface area contributed by atoms with Crippen LogP contribution in [0.25, 0.3) is 0 Å². The van der Waals surface area contributed by atoms with Gasteiger partial charge in [-0.3, -0.25) is 19.4 Å². The van der Waals surface area contributed by atoms with Gasteiger partial charge in [0.05, 0.1) is 12.1 Å². The van der Waals surface area contributed by atoms with Gasteiger partial charge in [0.25, 0.3) is 5.91 Å². The molecule has 2 aliphatic heterocycles. The van der Waals surface area contributed by atoms with Crippen molar-refractivity contribution in [2.75, 3.05) is 37.2 Å². The molecule has 0 bridgehead atoms. The molecule has 0 unspecified atom stereocenters. The van der Waals surface area contributed by atoms with E-state index in [2.05, 4.69) is 10.3 Å². The Bertz CT molecular complexity index is 927. The van der Waals surface area contributed by atoms with Crippen molar-refractivity contribution in [2.24, 2.45) is 0 Å². The molecule has 2 aliphatic rings. The second kappa shape index (κ2) is 8.65. The molecule has 0 spiro atoms. The maximum absolute atomic E-state index is 12.9. The first-order chi connectivity index (χ1) is 14.1. The maximum atomic E-state index is 12.9. The number of benzene rings is 1. The Morgan fingerprint density at radius 1 is 1.07 bits per heavy atom. The van der Waals surface area contributed by atoms with Gasteiger partial charge in [-0.1, -0.05) is 6.07 Å². The second-order valence-electron chi connectivity index (χ2n) is 7.03.